The topological polar surface area (TPSA) is 201 Å². The number of rotatable bonds is 9. The number of benzene rings is 2. The van der Waals surface area contributed by atoms with E-state index in [4.69, 9.17) is 19.1 Å². The first-order valence-corrected chi connectivity index (χ1v) is 17.8. The number of methoxy groups -OCH3 is 2. The van der Waals surface area contributed by atoms with Crippen molar-refractivity contribution in [1.82, 2.24) is 45.4 Å². The highest BCUT2D eigenvalue weighted by Gasteiger charge is 2.38. The van der Waals surface area contributed by atoms with Crippen molar-refractivity contribution in [1.29, 1.82) is 0 Å². The SMILES string of the molecule is COC(=O)N[C@@H](C)C(=O)N1CCC[C@H]1c1nc2ccc(-c3cnc(-c4ccc5nc([C@@H]6CCCN6C(=O)[C@@H](NC(=O)OC)C(C)C)[nH]c5c4)o3)cc2[nH]1. The number of nitrogens with zero attached hydrogens (tertiary/aromatic N) is 5. The smallest absolute Gasteiger partial charge is 0.407 e. The largest absolute Gasteiger partial charge is 0.453 e. The van der Waals surface area contributed by atoms with Gasteiger partial charge >= 0.3 is 12.2 Å². The van der Waals surface area contributed by atoms with Gasteiger partial charge in [-0.15, -0.1) is 0 Å². The zero-order chi connectivity index (χ0) is 37.4. The number of aromatic nitrogens is 5. The highest BCUT2D eigenvalue weighted by atomic mass is 16.5. The molecule has 4 amide bonds. The average Bonchev–Trinajstić information content (AvgIpc) is 4.00. The maximum absolute atomic E-state index is 13.6. The molecule has 0 bridgehead atoms. The lowest BCUT2D eigenvalue weighted by atomic mass is 10.0. The van der Waals surface area contributed by atoms with E-state index in [1.165, 1.54) is 14.2 Å². The van der Waals surface area contributed by atoms with Crippen LogP contribution in [0.15, 0.2) is 47.0 Å². The quantitative estimate of drug-likeness (QED) is 0.156. The third kappa shape index (κ3) is 7.00. The number of hydrogen-bond acceptors (Lipinski definition) is 10. The number of carbonyl (C=O) groups excluding carboxylic acids is 4. The van der Waals surface area contributed by atoms with Crippen molar-refractivity contribution >= 4 is 46.1 Å². The molecule has 3 aromatic heterocycles. The maximum Gasteiger partial charge on any atom is 0.407 e. The highest BCUT2D eigenvalue weighted by Crippen LogP contribution is 2.36. The molecule has 5 aromatic rings. The van der Waals surface area contributed by atoms with Crippen LogP contribution in [0, 0.1) is 5.92 Å². The summed E-state index contributed by atoms with van der Waals surface area (Å²) in [6.45, 7) is 6.55. The number of fused-ring (bicyclic) bond motifs is 2. The first-order chi connectivity index (χ1) is 25.5. The van der Waals surface area contributed by atoms with Crippen LogP contribution in [-0.2, 0) is 19.1 Å². The third-order valence-corrected chi connectivity index (χ3v) is 10.0. The van der Waals surface area contributed by atoms with Crippen molar-refractivity contribution in [2.45, 2.75) is 70.6 Å². The van der Waals surface area contributed by atoms with Gasteiger partial charge in [-0.05, 0) is 74.9 Å². The van der Waals surface area contributed by atoms with Gasteiger partial charge < -0.3 is 44.3 Å². The Kier molecular flexibility index (Phi) is 9.77. The van der Waals surface area contributed by atoms with Crippen molar-refractivity contribution in [2.75, 3.05) is 27.3 Å². The molecular formula is C37H43N9O7. The second kappa shape index (κ2) is 14.6. The van der Waals surface area contributed by atoms with E-state index >= 15 is 0 Å². The van der Waals surface area contributed by atoms with Crippen molar-refractivity contribution < 1.29 is 33.1 Å². The van der Waals surface area contributed by atoms with E-state index in [1.54, 1.807) is 22.9 Å². The van der Waals surface area contributed by atoms with Gasteiger partial charge in [0.05, 0.1) is 54.6 Å². The number of likely N-dealkylation sites (tertiary alicyclic amines) is 2. The van der Waals surface area contributed by atoms with Gasteiger partial charge in [-0.25, -0.2) is 24.5 Å². The van der Waals surface area contributed by atoms with E-state index in [-0.39, 0.29) is 29.8 Å². The van der Waals surface area contributed by atoms with Crippen LogP contribution in [0.3, 0.4) is 0 Å². The fraction of sp³-hybridized carbons (Fsp3) is 0.432. The number of alkyl carbamates (subject to hydrolysis) is 2. The number of H-pyrrole nitrogens is 2. The molecule has 278 valence electrons. The molecule has 2 aliphatic rings. The molecule has 2 saturated heterocycles. The van der Waals surface area contributed by atoms with Crippen LogP contribution in [0.1, 0.15) is 70.2 Å². The fourth-order valence-corrected chi connectivity index (χ4v) is 7.26. The summed E-state index contributed by atoms with van der Waals surface area (Å²) in [5.41, 5.74) is 4.64. The van der Waals surface area contributed by atoms with Gasteiger partial charge in [0.1, 0.15) is 23.7 Å². The zero-order valence-electron chi connectivity index (χ0n) is 30.3. The molecule has 0 aliphatic carbocycles. The standard InChI is InChI=1S/C37H43N9O7/c1-19(2)30(44-37(50)52-5)35(48)46-15-7-9-28(46)32-41-24-13-11-22(17-26(24)43-32)33-38-18-29(53-33)21-10-12-23-25(16-21)42-31(40-23)27-8-6-14-45(27)34(47)20(3)39-36(49)51-4/h10-13,16-20,27-28,30H,6-9,14-15H2,1-5H3,(H,39,49)(H,40,42)(H,41,43)(H,44,50)/t20-,27-,28-,30-/m0/s1. The minimum atomic E-state index is -0.732. The van der Waals surface area contributed by atoms with Gasteiger partial charge in [0, 0.05) is 24.2 Å². The summed E-state index contributed by atoms with van der Waals surface area (Å²) >= 11 is 0. The Balaban J connectivity index is 1.08. The second-order valence-corrected chi connectivity index (χ2v) is 13.8. The molecule has 0 saturated carbocycles. The molecule has 53 heavy (non-hydrogen) atoms. The number of imidazole rings is 2. The molecule has 0 spiro atoms. The monoisotopic (exact) mass is 725 g/mol. The minimum Gasteiger partial charge on any atom is -0.453 e. The first-order valence-electron chi connectivity index (χ1n) is 17.8. The summed E-state index contributed by atoms with van der Waals surface area (Å²) < 4.78 is 15.6. The second-order valence-electron chi connectivity index (χ2n) is 13.8. The molecule has 16 nitrogen and oxygen atoms in total. The van der Waals surface area contributed by atoms with Gasteiger partial charge in [-0.2, -0.15) is 0 Å². The Morgan fingerprint density at radius 2 is 1.34 bits per heavy atom. The number of nitrogens with one attached hydrogen (secondary N) is 4. The summed E-state index contributed by atoms with van der Waals surface area (Å²) in [7, 11) is 2.54. The molecule has 0 radical (unpaired) electrons. The molecule has 0 unspecified atom stereocenters. The molecule has 5 heterocycles. The number of hydrogen-bond donors (Lipinski definition) is 4. The van der Waals surface area contributed by atoms with Gasteiger partial charge in [-0.1, -0.05) is 13.8 Å². The molecule has 2 fully saturated rings. The summed E-state index contributed by atoms with van der Waals surface area (Å²) in [6.07, 6.45) is 3.53. The van der Waals surface area contributed by atoms with Gasteiger partial charge in [-0.3, -0.25) is 9.59 Å². The lowest BCUT2D eigenvalue weighted by Crippen LogP contribution is -2.51. The lowest BCUT2D eigenvalue weighted by molar-refractivity contribution is -0.135. The van der Waals surface area contributed by atoms with E-state index in [0.29, 0.717) is 36.4 Å². The fourth-order valence-electron chi connectivity index (χ4n) is 7.26. The molecule has 16 heteroatoms. The van der Waals surface area contributed by atoms with Crippen LogP contribution in [0.5, 0.6) is 0 Å². The number of amides is 4. The van der Waals surface area contributed by atoms with Gasteiger partial charge in [0.2, 0.25) is 17.7 Å². The zero-order valence-corrected chi connectivity index (χ0v) is 30.3. The van der Waals surface area contributed by atoms with E-state index in [2.05, 4.69) is 30.3 Å². The summed E-state index contributed by atoms with van der Waals surface area (Å²) in [4.78, 5) is 74.9. The third-order valence-electron chi connectivity index (χ3n) is 10.0. The lowest BCUT2D eigenvalue weighted by Gasteiger charge is -2.29. The van der Waals surface area contributed by atoms with Crippen LogP contribution in [0.2, 0.25) is 0 Å². The Bertz CT molecular complexity index is 2170. The Hall–Kier alpha value is -5.93. The molecule has 7 rings (SSSR count). The predicted octanol–water partition coefficient (Wildman–Crippen LogP) is 5.21. The summed E-state index contributed by atoms with van der Waals surface area (Å²) in [5.74, 6) is 1.88. The predicted molar refractivity (Wildman–Crippen MR) is 193 cm³/mol. The number of oxazole rings is 1. The molecule has 2 aromatic carbocycles. The summed E-state index contributed by atoms with van der Waals surface area (Å²) in [6, 6.07) is 9.55. The van der Waals surface area contributed by atoms with E-state index in [1.807, 2.05) is 50.2 Å². The van der Waals surface area contributed by atoms with Gasteiger partial charge in [0.25, 0.3) is 0 Å². The molecule has 4 atom stereocenters. The average molecular weight is 726 g/mol. The molecule has 2 aliphatic heterocycles. The van der Waals surface area contributed by atoms with E-state index < -0.39 is 24.3 Å². The first kappa shape index (κ1) is 35.5. The summed E-state index contributed by atoms with van der Waals surface area (Å²) in [5, 5.41) is 5.24. The van der Waals surface area contributed by atoms with Crippen LogP contribution in [0.4, 0.5) is 9.59 Å². The van der Waals surface area contributed by atoms with Crippen molar-refractivity contribution in [2.24, 2.45) is 5.92 Å². The maximum atomic E-state index is 13.6. The van der Waals surface area contributed by atoms with Crippen molar-refractivity contribution in [3.63, 3.8) is 0 Å². The highest BCUT2D eigenvalue weighted by molar-refractivity contribution is 5.88. The van der Waals surface area contributed by atoms with Crippen LogP contribution in [-0.4, -0.2) is 98.1 Å². The number of ether oxygens (including phenoxy) is 2. The van der Waals surface area contributed by atoms with Crippen LogP contribution < -0.4 is 10.6 Å². The minimum absolute atomic E-state index is 0.126. The van der Waals surface area contributed by atoms with Gasteiger partial charge in [0.15, 0.2) is 5.76 Å². The number of aromatic amines is 2. The Morgan fingerprint density at radius 1 is 0.792 bits per heavy atom. The normalized spacial score (nSPS) is 18.5. The van der Waals surface area contributed by atoms with Crippen molar-refractivity contribution in [3.05, 3.63) is 54.2 Å². The molecular weight excluding hydrogens is 682 g/mol. The van der Waals surface area contributed by atoms with E-state index in [0.717, 1.165) is 58.9 Å². The van der Waals surface area contributed by atoms with Crippen LogP contribution in [0.25, 0.3) is 44.8 Å². The Labute approximate surface area is 305 Å². The van der Waals surface area contributed by atoms with Crippen LogP contribution >= 0.6 is 0 Å². The molecule has 4 N–H and O–H groups in total. The van der Waals surface area contributed by atoms with E-state index in [9.17, 15) is 19.2 Å². The van der Waals surface area contributed by atoms with Crippen molar-refractivity contribution in [3.8, 4) is 22.8 Å². The number of carbonyl (C=O) groups is 4. The Morgan fingerprint density at radius 3 is 1.92 bits per heavy atom.